The lowest BCUT2D eigenvalue weighted by atomic mass is 10.1. The summed E-state index contributed by atoms with van der Waals surface area (Å²) < 4.78 is 0. The largest absolute Gasteiger partial charge is 0.362 e. The van der Waals surface area contributed by atoms with Crippen molar-refractivity contribution >= 4 is 5.69 Å². The first-order valence-electron chi connectivity index (χ1n) is 8.27. The average Bonchev–Trinajstić information content (AvgIpc) is 2.63. The summed E-state index contributed by atoms with van der Waals surface area (Å²) in [6.45, 7) is 3.64. The molecule has 0 bridgehead atoms. The van der Waals surface area contributed by atoms with Crippen molar-refractivity contribution in [3.05, 3.63) is 95.8 Å². The number of nitrogens with zero attached hydrogens (tertiary/aromatic N) is 2. The molecule has 1 heterocycles. The van der Waals surface area contributed by atoms with E-state index in [2.05, 4.69) is 64.5 Å². The van der Waals surface area contributed by atoms with E-state index in [9.17, 15) is 0 Å². The minimum absolute atomic E-state index is 0.0456. The van der Waals surface area contributed by atoms with Crippen LogP contribution in [0.25, 0.3) is 0 Å². The lowest BCUT2D eigenvalue weighted by Crippen LogP contribution is -2.22. The Morgan fingerprint density at radius 2 is 1.38 bits per heavy atom. The summed E-state index contributed by atoms with van der Waals surface area (Å²) >= 11 is 0. The van der Waals surface area contributed by atoms with Gasteiger partial charge >= 0.3 is 0 Å². The van der Waals surface area contributed by atoms with Gasteiger partial charge in [0, 0.05) is 19.1 Å². The Hall–Kier alpha value is -2.65. The number of hydrogen-bond donors (Lipinski definition) is 1. The van der Waals surface area contributed by atoms with Crippen molar-refractivity contribution in [2.45, 2.75) is 26.1 Å². The van der Waals surface area contributed by atoms with Gasteiger partial charge in [0.1, 0.15) is 0 Å². The Balaban J connectivity index is 1.86. The van der Waals surface area contributed by atoms with E-state index in [1.165, 1.54) is 11.1 Å². The first-order valence-corrected chi connectivity index (χ1v) is 8.27. The van der Waals surface area contributed by atoms with Crippen LogP contribution in [0.15, 0.2) is 79.0 Å². The van der Waals surface area contributed by atoms with E-state index in [0.717, 1.165) is 24.5 Å². The molecule has 0 aliphatic carbocycles. The van der Waals surface area contributed by atoms with Crippen molar-refractivity contribution in [2.75, 3.05) is 4.90 Å². The normalized spacial score (nSPS) is 11.9. The third-order valence-electron chi connectivity index (χ3n) is 4.03. The number of nitrogens with two attached hydrogens (primary N) is 1. The molecule has 3 rings (SSSR count). The Morgan fingerprint density at radius 1 is 0.833 bits per heavy atom. The van der Waals surface area contributed by atoms with Gasteiger partial charge in [0.2, 0.25) is 0 Å². The lowest BCUT2D eigenvalue weighted by Gasteiger charge is -2.25. The van der Waals surface area contributed by atoms with Gasteiger partial charge in [-0.1, -0.05) is 60.7 Å². The molecule has 0 saturated heterocycles. The summed E-state index contributed by atoms with van der Waals surface area (Å²) in [5.74, 6) is 0. The van der Waals surface area contributed by atoms with Crippen molar-refractivity contribution in [2.24, 2.45) is 5.73 Å². The van der Waals surface area contributed by atoms with E-state index in [4.69, 9.17) is 5.73 Å². The quantitative estimate of drug-likeness (QED) is 0.736. The molecule has 1 unspecified atom stereocenters. The Morgan fingerprint density at radius 3 is 1.79 bits per heavy atom. The molecular formula is C21H23N3. The van der Waals surface area contributed by atoms with Gasteiger partial charge in [-0.25, -0.2) is 0 Å². The maximum absolute atomic E-state index is 5.91. The molecule has 122 valence electrons. The van der Waals surface area contributed by atoms with Crippen LogP contribution in [0.4, 0.5) is 5.69 Å². The van der Waals surface area contributed by atoms with Crippen LogP contribution in [-0.4, -0.2) is 4.98 Å². The fourth-order valence-corrected chi connectivity index (χ4v) is 2.70. The predicted molar refractivity (Wildman–Crippen MR) is 99.6 cm³/mol. The molecule has 1 aromatic heterocycles. The molecule has 0 fully saturated rings. The molecule has 2 N–H and O–H groups in total. The number of anilines is 1. The first-order chi connectivity index (χ1) is 11.7. The van der Waals surface area contributed by atoms with Crippen LogP contribution in [0.5, 0.6) is 0 Å². The summed E-state index contributed by atoms with van der Waals surface area (Å²) in [7, 11) is 0. The van der Waals surface area contributed by atoms with Gasteiger partial charge in [0.15, 0.2) is 0 Å². The molecule has 0 amide bonds. The molecule has 0 spiro atoms. The molecule has 0 aliphatic heterocycles. The van der Waals surface area contributed by atoms with E-state index in [0.29, 0.717) is 0 Å². The van der Waals surface area contributed by atoms with Gasteiger partial charge in [0.25, 0.3) is 0 Å². The Kier molecular flexibility index (Phi) is 5.24. The van der Waals surface area contributed by atoms with E-state index < -0.39 is 0 Å². The average molecular weight is 317 g/mol. The molecule has 3 heteroatoms. The van der Waals surface area contributed by atoms with Crippen molar-refractivity contribution < 1.29 is 0 Å². The van der Waals surface area contributed by atoms with Crippen LogP contribution in [0.3, 0.4) is 0 Å². The summed E-state index contributed by atoms with van der Waals surface area (Å²) in [6.07, 6.45) is 1.92. The van der Waals surface area contributed by atoms with E-state index in [1.54, 1.807) is 0 Å². The third-order valence-corrected chi connectivity index (χ3v) is 4.03. The van der Waals surface area contributed by atoms with Gasteiger partial charge in [-0.2, -0.15) is 0 Å². The molecule has 3 aromatic rings. The Labute approximate surface area is 143 Å². The molecule has 0 aliphatic rings. The topological polar surface area (TPSA) is 42.1 Å². The van der Waals surface area contributed by atoms with Crippen LogP contribution in [-0.2, 0) is 13.1 Å². The molecule has 0 saturated carbocycles. The van der Waals surface area contributed by atoms with E-state index in [1.807, 2.05) is 31.3 Å². The van der Waals surface area contributed by atoms with Crippen LogP contribution in [0, 0.1) is 0 Å². The molecular weight excluding hydrogens is 294 g/mol. The zero-order valence-corrected chi connectivity index (χ0v) is 14.0. The lowest BCUT2D eigenvalue weighted by molar-refractivity contribution is 0.768. The zero-order chi connectivity index (χ0) is 16.8. The highest BCUT2D eigenvalue weighted by atomic mass is 15.1. The summed E-state index contributed by atoms with van der Waals surface area (Å²) in [4.78, 5) is 6.85. The second-order valence-corrected chi connectivity index (χ2v) is 6.06. The minimum atomic E-state index is -0.0456. The fraction of sp³-hybridized carbons (Fsp3) is 0.190. The zero-order valence-electron chi connectivity index (χ0n) is 14.0. The highest BCUT2D eigenvalue weighted by molar-refractivity contribution is 5.46. The minimum Gasteiger partial charge on any atom is -0.362 e. The second-order valence-electron chi connectivity index (χ2n) is 6.06. The maximum atomic E-state index is 5.91. The fourth-order valence-electron chi connectivity index (χ4n) is 2.70. The van der Waals surface area contributed by atoms with Gasteiger partial charge in [-0.3, -0.25) is 4.98 Å². The van der Waals surface area contributed by atoms with Crippen LogP contribution >= 0.6 is 0 Å². The van der Waals surface area contributed by atoms with Crippen LogP contribution in [0.1, 0.15) is 29.8 Å². The molecule has 24 heavy (non-hydrogen) atoms. The van der Waals surface area contributed by atoms with E-state index in [-0.39, 0.29) is 6.04 Å². The van der Waals surface area contributed by atoms with Crippen molar-refractivity contribution in [1.29, 1.82) is 0 Å². The molecule has 3 nitrogen and oxygen atoms in total. The third kappa shape index (κ3) is 4.21. The van der Waals surface area contributed by atoms with Gasteiger partial charge in [-0.15, -0.1) is 0 Å². The van der Waals surface area contributed by atoms with Gasteiger partial charge < -0.3 is 10.6 Å². The van der Waals surface area contributed by atoms with Crippen molar-refractivity contribution in [1.82, 2.24) is 4.98 Å². The SMILES string of the molecule is CC(N)c1ccc(N(Cc2ccccc2)Cc2ccccc2)cn1. The number of hydrogen-bond acceptors (Lipinski definition) is 3. The number of aromatic nitrogens is 1. The van der Waals surface area contributed by atoms with Gasteiger partial charge in [0.05, 0.1) is 17.6 Å². The van der Waals surface area contributed by atoms with Gasteiger partial charge in [-0.05, 0) is 30.2 Å². The smallest absolute Gasteiger partial charge is 0.0569 e. The van der Waals surface area contributed by atoms with Crippen molar-refractivity contribution in [3.8, 4) is 0 Å². The standard InChI is InChI=1S/C21H23N3/c1-17(22)21-13-12-20(14-23-21)24(15-18-8-4-2-5-9-18)16-19-10-6-3-7-11-19/h2-14,17H,15-16,22H2,1H3. The van der Waals surface area contributed by atoms with Crippen LogP contribution < -0.4 is 10.6 Å². The highest BCUT2D eigenvalue weighted by Crippen LogP contribution is 2.21. The summed E-state index contributed by atoms with van der Waals surface area (Å²) in [6, 6.07) is 25.1. The number of rotatable bonds is 6. The summed E-state index contributed by atoms with van der Waals surface area (Å²) in [5.41, 5.74) is 10.5. The number of pyridine rings is 1. The summed E-state index contributed by atoms with van der Waals surface area (Å²) in [5, 5.41) is 0. The molecule has 0 radical (unpaired) electrons. The maximum Gasteiger partial charge on any atom is 0.0569 e. The van der Waals surface area contributed by atoms with E-state index >= 15 is 0 Å². The van der Waals surface area contributed by atoms with Crippen LogP contribution in [0.2, 0.25) is 0 Å². The molecule has 1 atom stereocenters. The first kappa shape index (κ1) is 16.2. The highest BCUT2D eigenvalue weighted by Gasteiger charge is 2.10. The predicted octanol–water partition coefficient (Wildman–Crippen LogP) is 4.31. The number of benzene rings is 2. The van der Waals surface area contributed by atoms with Crippen molar-refractivity contribution in [3.63, 3.8) is 0 Å². The monoisotopic (exact) mass is 317 g/mol. The molecule has 2 aromatic carbocycles. The second kappa shape index (κ2) is 7.75. The Bertz CT molecular complexity index is 696.